The summed E-state index contributed by atoms with van der Waals surface area (Å²) in [5, 5.41) is 5.76. The van der Waals surface area contributed by atoms with Crippen LogP contribution in [-0.4, -0.2) is 31.1 Å². The quantitative estimate of drug-likeness (QED) is 0.674. The third-order valence-corrected chi connectivity index (χ3v) is 5.49. The summed E-state index contributed by atoms with van der Waals surface area (Å²) in [6.07, 6.45) is 3.21. The minimum absolute atomic E-state index is 0.0706. The van der Waals surface area contributed by atoms with Crippen LogP contribution in [0.5, 0.6) is 5.75 Å². The number of carbonyl (C=O) groups excluding carboxylic acids is 2. The zero-order valence-corrected chi connectivity index (χ0v) is 16.4. The van der Waals surface area contributed by atoms with Gasteiger partial charge in [0, 0.05) is 18.8 Å². The average molecular weight is 394 g/mol. The first-order valence-corrected chi connectivity index (χ1v) is 10.1. The van der Waals surface area contributed by atoms with Gasteiger partial charge in [-0.15, -0.1) is 0 Å². The topological polar surface area (TPSA) is 76.7 Å². The Hall–Kier alpha value is -2.86. The van der Waals surface area contributed by atoms with E-state index in [1.165, 1.54) is 0 Å². The molecule has 1 unspecified atom stereocenters. The Morgan fingerprint density at radius 1 is 1.03 bits per heavy atom. The molecule has 152 valence electrons. The van der Waals surface area contributed by atoms with Crippen LogP contribution >= 0.6 is 0 Å². The van der Waals surface area contributed by atoms with Gasteiger partial charge in [0.1, 0.15) is 17.8 Å². The van der Waals surface area contributed by atoms with Crippen LogP contribution in [0.1, 0.15) is 31.2 Å². The smallest absolute Gasteiger partial charge is 0.240 e. The number of anilines is 1. The standard InChI is InChI=1S/C23H26N2O4/c26-21(24-15-20-7-4-14-28-20)23(12-13-23)22(27)25-18-8-10-19(11-9-18)29-16-17-5-2-1-3-6-17/h1-3,5-6,8-11,20H,4,7,12-16H2,(H,24,26)(H,25,27). The molecule has 1 aliphatic carbocycles. The second-order valence-electron chi connectivity index (χ2n) is 7.68. The number of carbonyl (C=O) groups is 2. The summed E-state index contributed by atoms with van der Waals surface area (Å²) in [6, 6.07) is 17.1. The molecule has 2 aromatic carbocycles. The number of ether oxygens (including phenoxy) is 2. The van der Waals surface area contributed by atoms with Gasteiger partial charge in [-0.3, -0.25) is 9.59 Å². The van der Waals surface area contributed by atoms with Crippen molar-refractivity contribution in [3.63, 3.8) is 0 Å². The molecule has 2 aromatic rings. The molecule has 0 spiro atoms. The largest absolute Gasteiger partial charge is 0.489 e. The molecule has 1 heterocycles. The third-order valence-electron chi connectivity index (χ3n) is 5.49. The van der Waals surface area contributed by atoms with E-state index >= 15 is 0 Å². The fraction of sp³-hybridized carbons (Fsp3) is 0.391. The van der Waals surface area contributed by atoms with Gasteiger partial charge in [-0.2, -0.15) is 0 Å². The number of nitrogens with one attached hydrogen (secondary N) is 2. The Morgan fingerprint density at radius 2 is 1.79 bits per heavy atom. The molecule has 0 aromatic heterocycles. The van der Waals surface area contributed by atoms with E-state index in [0.717, 1.165) is 30.8 Å². The van der Waals surface area contributed by atoms with Crippen LogP contribution in [0.2, 0.25) is 0 Å². The van der Waals surface area contributed by atoms with E-state index in [2.05, 4.69) is 10.6 Å². The lowest BCUT2D eigenvalue weighted by Gasteiger charge is -2.17. The van der Waals surface area contributed by atoms with Gasteiger partial charge in [-0.25, -0.2) is 0 Å². The lowest BCUT2D eigenvalue weighted by molar-refractivity contribution is -0.134. The highest BCUT2D eigenvalue weighted by atomic mass is 16.5. The molecule has 0 radical (unpaired) electrons. The summed E-state index contributed by atoms with van der Waals surface area (Å²) in [4.78, 5) is 25.2. The van der Waals surface area contributed by atoms with E-state index in [4.69, 9.17) is 9.47 Å². The van der Waals surface area contributed by atoms with Crippen molar-refractivity contribution in [1.29, 1.82) is 0 Å². The van der Waals surface area contributed by atoms with E-state index in [1.807, 2.05) is 42.5 Å². The SMILES string of the molecule is O=C(NCC1CCCO1)C1(C(=O)Nc2ccc(OCc3ccccc3)cc2)CC1. The second-order valence-corrected chi connectivity index (χ2v) is 7.68. The van der Waals surface area contributed by atoms with Gasteiger partial charge in [0.2, 0.25) is 11.8 Å². The van der Waals surface area contributed by atoms with Crippen molar-refractivity contribution < 1.29 is 19.1 Å². The van der Waals surface area contributed by atoms with Crippen molar-refractivity contribution in [2.75, 3.05) is 18.5 Å². The Labute approximate surface area is 170 Å². The summed E-state index contributed by atoms with van der Waals surface area (Å²) in [5.41, 5.74) is 0.802. The van der Waals surface area contributed by atoms with Crippen LogP contribution < -0.4 is 15.4 Å². The molecule has 0 bridgehead atoms. The third kappa shape index (κ3) is 4.77. The summed E-state index contributed by atoms with van der Waals surface area (Å²) in [5.74, 6) is 0.274. The summed E-state index contributed by atoms with van der Waals surface area (Å²) < 4.78 is 11.3. The first-order chi connectivity index (χ1) is 14.2. The van der Waals surface area contributed by atoms with Gasteiger partial charge >= 0.3 is 0 Å². The van der Waals surface area contributed by atoms with Crippen molar-refractivity contribution in [1.82, 2.24) is 5.32 Å². The van der Waals surface area contributed by atoms with Gasteiger partial charge in [-0.1, -0.05) is 30.3 Å². The maximum Gasteiger partial charge on any atom is 0.240 e. The number of hydrogen-bond acceptors (Lipinski definition) is 4. The Bertz CT molecular complexity index is 841. The zero-order chi connectivity index (χ0) is 20.1. The molecule has 1 aliphatic heterocycles. The molecule has 1 saturated heterocycles. The molecule has 29 heavy (non-hydrogen) atoms. The molecular formula is C23H26N2O4. The molecule has 2 fully saturated rings. The highest BCUT2D eigenvalue weighted by molar-refractivity contribution is 6.13. The molecule has 2 amide bonds. The number of benzene rings is 2. The van der Waals surface area contributed by atoms with E-state index in [1.54, 1.807) is 12.1 Å². The normalized spacial score (nSPS) is 19.4. The van der Waals surface area contributed by atoms with Gasteiger partial charge in [0.05, 0.1) is 6.10 Å². The summed E-state index contributed by atoms with van der Waals surface area (Å²) in [7, 11) is 0. The summed E-state index contributed by atoms with van der Waals surface area (Å²) >= 11 is 0. The molecule has 4 rings (SSSR count). The lowest BCUT2D eigenvalue weighted by atomic mass is 10.0. The average Bonchev–Trinajstić information content (AvgIpc) is 3.41. The van der Waals surface area contributed by atoms with Gasteiger partial charge in [-0.05, 0) is 55.5 Å². The van der Waals surface area contributed by atoms with Crippen LogP contribution in [0.3, 0.4) is 0 Å². The van der Waals surface area contributed by atoms with Crippen LogP contribution in [0.4, 0.5) is 5.69 Å². The lowest BCUT2D eigenvalue weighted by Crippen LogP contribution is -2.42. The minimum atomic E-state index is -0.943. The molecule has 2 N–H and O–H groups in total. The number of rotatable bonds is 8. The zero-order valence-electron chi connectivity index (χ0n) is 16.4. The fourth-order valence-electron chi connectivity index (χ4n) is 3.49. The van der Waals surface area contributed by atoms with E-state index in [0.29, 0.717) is 31.7 Å². The Morgan fingerprint density at radius 3 is 2.45 bits per heavy atom. The predicted octanol–water partition coefficient (Wildman–Crippen LogP) is 3.28. The highest BCUT2D eigenvalue weighted by Crippen LogP contribution is 2.46. The van der Waals surface area contributed by atoms with Crippen molar-refractivity contribution in [2.45, 2.75) is 38.4 Å². The molecule has 1 saturated carbocycles. The monoisotopic (exact) mass is 394 g/mol. The van der Waals surface area contributed by atoms with Crippen LogP contribution in [0.25, 0.3) is 0 Å². The van der Waals surface area contributed by atoms with E-state index in [9.17, 15) is 9.59 Å². The maximum atomic E-state index is 12.7. The molecule has 6 heteroatoms. The molecule has 2 aliphatic rings. The van der Waals surface area contributed by atoms with Crippen molar-refractivity contribution in [3.05, 3.63) is 60.2 Å². The van der Waals surface area contributed by atoms with Crippen LogP contribution in [0.15, 0.2) is 54.6 Å². The molecular weight excluding hydrogens is 368 g/mol. The maximum absolute atomic E-state index is 12.7. The Balaban J connectivity index is 1.28. The fourth-order valence-corrected chi connectivity index (χ4v) is 3.49. The second kappa shape index (κ2) is 8.66. The Kier molecular flexibility index (Phi) is 5.81. The molecule has 1 atom stereocenters. The van der Waals surface area contributed by atoms with E-state index in [-0.39, 0.29) is 17.9 Å². The minimum Gasteiger partial charge on any atom is -0.489 e. The molecule has 6 nitrogen and oxygen atoms in total. The van der Waals surface area contributed by atoms with Crippen LogP contribution in [-0.2, 0) is 20.9 Å². The summed E-state index contributed by atoms with van der Waals surface area (Å²) in [6.45, 7) is 1.71. The van der Waals surface area contributed by atoms with Gasteiger partial charge in [0.15, 0.2) is 0 Å². The number of hydrogen-bond donors (Lipinski definition) is 2. The van der Waals surface area contributed by atoms with Crippen molar-refractivity contribution in [3.8, 4) is 5.75 Å². The van der Waals surface area contributed by atoms with Crippen LogP contribution in [0, 0.1) is 5.41 Å². The van der Waals surface area contributed by atoms with Gasteiger partial charge in [0.25, 0.3) is 0 Å². The van der Waals surface area contributed by atoms with Crippen molar-refractivity contribution in [2.24, 2.45) is 5.41 Å². The predicted molar refractivity (Wildman–Crippen MR) is 109 cm³/mol. The highest BCUT2D eigenvalue weighted by Gasteiger charge is 2.56. The van der Waals surface area contributed by atoms with Crippen molar-refractivity contribution >= 4 is 17.5 Å². The van der Waals surface area contributed by atoms with Gasteiger partial charge < -0.3 is 20.1 Å². The van der Waals surface area contributed by atoms with E-state index < -0.39 is 5.41 Å². The number of amides is 2. The first kappa shape index (κ1) is 19.5. The first-order valence-electron chi connectivity index (χ1n) is 10.1.